The van der Waals surface area contributed by atoms with Gasteiger partial charge in [0.15, 0.2) is 0 Å². The molecule has 16 heavy (non-hydrogen) atoms. The number of hydrogen-bond donors (Lipinski definition) is 2. The van der Waals surface area contributed by atoms with E-state index in [2.05, 4.69) is 22.8 Å². The van der Waals surface area contributed by atoms with Crippen LogP contribution >= 0.6 is 0 Å². The lowest BCUT2D eigenvalue weighted by Crippen LogP contribution is -2.45. The van der Waals surface area contributed by atoms with Gasteiger partial charge in [0.25, 0.3) is 0 Å². The molecule has 4 nitrogen and oxygen atoms in total. The second-order valence-electron chi connectivity index (χ2n) is 4.54. The average molecular weight is 224 g/mol. The molecular formula is C12H20N2O2. The average Bonchev–Trinajstić information content (AvgIpc) is 2.79. The predicted octanol–water partition coefficient (Wildman–Crippen LogP) is 0.588. The molecule has 0 spiro atoms. The van der Waals surface area contributed by atoms with Gasteiger partial charge in [-0.05, 0) is 25.7 Å². The molecule has 4 heteroatoms. The van der Waals surface area contributed by atoms with Crippen molar-refractivity contribution in [2.75, 3.05) is 13.7 Å². The third-order valence-corrected chi connectivity index (χ3v) is 3.36. The molecule has 0 aromatic heterocycles. The van der Waals surface area contributed by atoms with Gasteiger partial charge < -0.3 is 15.4 Å². The molecule has 1 fully saturated rings. The Morgan fingerprint density at radius 3 is 3.00 bits per heavy atom. The van der Waals surface area contributed by atoms with Gasteiger partial charge in [-0.2, -0.15) is 0 Å². The predicted molar refractivity (Wildman–Crippen MR) is 62.1 cm³/mol. The van der Waals surface area contributed by atoms with Crippen LogP contribution in [0.2, 0.25) is 0 Å². The number of ether oxygens (including phenoxy) is 1. The number of methoxy groups -OCH3 is 1. The highest BCUT2D eigenvalue weighted by molar-refractivity contribution is 5.82. The van der Waals surface area contributed by atoms with E-state index >= 15 is 0 Å². The molecule has 1 aliphatic carbocycles. The number of carbonyl (C=O) groups is 1. The fourth-order valence-corrected chi connectivity index (χ4v) is 2.31. The van der Waals surface area contributed by atoms with Crippen molar-refractivity contribution in [1.29, 1.82) is 0 Å². The first-order valence-electron chi connectivity index (χ1n) is 6.01. The lowest BCUT2D eigenvalue weighted by Gasteiger charge is -2.21. The van der Waals surface area contributed by atoms with Gasteiger partial charge in [-0.3, -0.25) is 4.79 Å². The van der Waals surface area contributed by atoms with Crippen LogP contribution in [0.1, 0.15) is 25.7 Å². The minimum Gasteiger partial charge on any atom is -0.380 e. The molecule has 0 aromatic carbocycles. The summed E-state index contributed by atoms with van der Waals surface area (Å²) in [4.78, 5) is 11.9. The molecule has 3 unspecified atom stereocenters. The maximum Gasteiger partial charge on any atom is 0.237 e. The number of amides is 1. The van der Waals surface area contributed by atoms with E-state index in [4.69, 9.17) is 4.74 Å². The first kappa shape index (κ1) is 11.6. The summed E-state index contributed by atoms with van der Waals surface area (Å²) >= 11 is 0. The Kier molecular flexibility index (Phi) is 3.96. The Hall–Kier alpha value is -0.870. The van der Waals surface area contributed by atoms with Crippen molar-refractivity contribution in [3.8, 4) is 0 Å². The van der Waals surface area contributed by atoms with E-state index in [1.165, 1.54) is 0 Å². The van der Waals surface area contributed by atoms with Crippen molar-refractivity contribution in [3.63, 3.8) is 0 Å². The van der Waals surface area contributed by atoms with Gasteiger partial charge >= 0.3 is 0 Å². The number of allylic oxidation sites excluding steroid dienone is 1. The van der Waals surface area contributed by atoms with Crippen molar-refractivity contribution in [3.05, 3.63) is 12.2 Å². The number of carbonyl (C=O) groups excluding carboxylic acids is 1. The summed E-state index contributed by atoms with van der Waals surface area (Å²) in [7, 11) is 1.69. The van der Waals surface area contributed by atoms with E-state index in [1.54, 1.807) is 7.11 Å². The third kappa shape index (κ3) is 2.83. The summed E-state index contributed by atoms with van der Waals surface area (Å²) in [6, 6.07) is 0.247. The molecule has 1 amide bonds. The van der Waals surface area contributed by atoms with Crippen molar-refractivity contribution in [2.24, 2.45) is 0 Å². The van der Waals surface area contributed by atoms with E-state index in [9.17, 15) is 4.79 Å². The SMILES string of the molecule is COC1CNC(C(=O)NC2CC=CCC2)C1. The molecule has 2 aliphatic rings. The largest absolute Gasteiger partial charge is 0.380 e. The van der Waals surface area contributed by atoms with E-state index in [0.717, 1.165) is 32.2 Å². The standard InChI is InChI=1S/C12H20N2O2/c1-16-10-7-11(13-8-10)12(15)14-9-5-3-2-4-6-9/h2-3,9-11,13H,4-8H2,1H3,(H,14,15). The fourth-order valence-electron chi connectivity index (χ4n) is 2.31. The molecule has 1 heterocycles. The molecule has 0 aromatic rings. The van der Waals surface area contributed by atoms with Crippen LogP contribution in [-0.2, 0) is 9.53 Å². The molecule has 1 aliphatic heterocycles. The van der Waals surface area contributed by atoms with Crippen LogP contribution < -0.4 is 10.6 Å². The van der Waals surface area contributed by atoms with Gasteiger partial charge in [0, 0.05) is 19.7 Å². The number of hydrogen-bond acceptors (Lipinski definition) is 3. The number of rotatable bonds is 3. The molecule has 1 saturated heterocycles. The highest BCUT2D eigenvalue weighted by Gasteiger charge is 2.30. The Morgan fingerprint density at radius 2 is 2.38 bits per heavy atom. The van der Waals surface area contributed by atoms with Crippen molar-refractivity contribution in [1.82, 2.24) is 10.6 Å². The second-order valence-corrected chi connectivity index (χ2v) is 4.54. The van der Waals surface area contributed by atoms with Crippen LogP contribution in [0.15, 0.2) is 12.2 Å². The van der Waals surface area contributed by atoms with Gasteiger partial charge in [0.05, 0.1) is 12.1 Å². The van der Waals surface area contributed by atoms with Crippen LogP contribution in [0.5, 0.6) is 0 Å². The maximum absolute atomic E-state index is 11.9. The molecule has 90 valence electrons. The highest BCUT2D eigenvalue weighted by atomic mass is 16.5. The first-order valence-corrected chi connectivity index (χ1v) is 6.01. The summed E-state index contributed by atoms with van der Waals surface area (Å²) in [5.41, 5.74) is 0. The zero-order valence-corrected chi connectivity index (χ0v) is 9.74. The summed E-state index contributed by atoms with van der Waals surface area (Å²) in [6.45, 7) is 0.777. The molecule has 0 saturated carbocycles. The summed E-state index contributed by atoms with van der Waals surface area (Å²) in [5, 5.41) is 6.29. The summed E-state index contributed by atoms with van der Waals surface area (Å²) in [5.74, 6) is 0.125. The third-order valence-electron chi connectivity index (χ3n) is 3.36. The first-order chi connectivity index (χ1) is 7.79. The van der Waals surface area contributed by atoms with Crippen LogP contribution in [0.4, 0.5) is 0 Å². The highest BCUT2D eigenvalue weighted by Crippen LogP contribution is 2.13. The monoisotopic (exact) mass is 224 g/mol. The zero-order chi connectivity index (χ0) is 11.4. The van der Waals surface area contributed by atoms with Crippen molar-refractivity contribution >= 4 is 5.91 Å². The summed E-state index contributed by atoms with van der Waals surface area (Å²) < 4.78 is 5.23. The van der Waals surface area contributed by atoms with Gasteiger partial charge in [-0.15, -0.1) is 0 Å². The Bertz CT molecular complexity index is 278. The van der Waals surface area contributed by atoms with Gasteiger partial charge in [-0.25, -0.2) is 0 Å². The Balaban J connectivity index is 1.77. The lowest BCUT2D eigenvalue weighted by atomic mass is 10.0. The van der Waals surface area contributed by atoms with Crippen LogP contribution in [0.3, 0.4) is 0 Å². The Morgan fingerprint density at radius 1 is 1.50 bits per heavy atom. The zero-order valence-electron chi connectivity index (χ0n) is 9.74. The maximum atomic E-state index is 11.9. The minimum absolute atomic E-state index is 0.0733. The molecule has 0 radical (unpaired) electrons. The molecule has 3 atom stereocenters. The minimum atomic E-state index is -0.0733. The normalized spacial score (nSPS) is 33.9. The van der Waals surface area contributed by atoms with E-state index in [1.807, 2.05) is 0 Å². The second kappa shape index (κ2) is 5.46. The molecular weight excluding hydrogens is 204 g/mol. The van der Waals surface area contributed by atoms with Crippen LogP contribution in [0, 0.1) is 0 Å². The molecule has 0 bridgehead atoms. The van der Waals surface area contributed by atoms with Crippen LogP contribution in [0.25, 0.3) is 0 Å². The van der Waals surface area contributed by atoms with E-state index in [-0.39, 0.29) is 18.1 Å². The van der Waals surface area contributed by atoms with Crippen LogP contribution in [-0.4, -0.2) is 37.7 Å². The van der Waals surface area contributed by atoms with Gasteiger partial charge in [-0.1, -0.05) is 12.2 Å². The fraction of sp³-hybridized carbons (Fsp3) is 0.750. The van der Waals surface area contributed by atoms with E-state index in [0.29, 0.717) is 6.04 Å². The van der Waals surface area contributed by atoms with Crippen molar-refractivity contribution < 1.29 is 9.53 Å². The Labute approximate surface area is 96.4 Å². The molecule has 2 rings (SSSR count). The number of nitrogens with one attached hydrogen (secondary N) is 2. The van der Waals surface area contributed by atoms with Gasteiger partial charge in [0.2, 0.25) is 5.91 Å². The lowest BCUT2D eigenvalue weighted by molar-refractivity contribution is -0.123. The van der Waals surface area contributed by atoms with Gasteiger partial charge in [0.1, 0.15) is 0 Å². The van der Waals surface area contributed by atoms with Crippen molar-refractivity contribution in [2.45, 2.75) is 43.9 Å². The topological polar surface area (TPSA) is 50.4 Å². The quantitative estimate of drug-likeness (QED) is 0.690. The smallest absolute Gasteiger partial charge is 0.237 e. The summed E-state index contributed by atoms with van der Waals surface area (Å²) in [6.07, 6.45) is 8.39. The molecule has 2 N–H and O–H groups in total. The van der Waals surface area contributed by atoms with E-state index < -0.39 is 0 Å².